The highest BCUT2D eigenvalue weighted by atomic mass is 19.1. The van der Waals surface area contributed by atoms with Crippen LogP contribution in [0.25, 0.3) is 0 Å². The molecule has 1 aromatic carbocycles. The van der Waals surface area contributed by atoms with Gasteiger partial charge in [-0.2, -0.15) is 0 Å². The van der Waals surface area contributed by atoms with E-state index in [1.807, 2.05) is 4.90 Å². The Bertz CT molecular complexity index is 613. The molecule has 2 fully saturated rings. The summed E-state index contributed by atoms with van der Waals surface area (Å²) in [7, 11) is 0. The number of amides is 2. The van der Waals surface area contributed by atoms with E-state index in [2.05, 4.69) is 6.92 Å². The van der Waals surface area contributed by atoms with Gasteiger partial charge in [0.15, 0.2) is 0 Å². The van der Waals surface area contributed by atoms with Crippen molar-refractivity contribution in [1.29, 1.82) is 0 Å². The Balaban J connectivity index is 1.63. The number of hydrogen-bond acceptors (Lipinski definition) is 2. The lowest BCUT2D eigenvalue weighted by molar-refractivity contribution is -0.137. The van der Waals surface area contributed by atoms with Crippen molar-refractivity contribution in [2.75, 3.05) is 26.2 Å². The highest BCUT2D eigenvalue weighted by Gasteiger charge is 2.33. The number of carbonyl (C=O) groups excluding carboxylic acids is 2. The number of carbonyl (C=O) groups is 2. The lowest BCUT2D eigenvalue weighted by Gasteiger charge is -2.35. The summed E-state index contributed by atoms with van der Waals surface area (Å²) in [4.78, 5) is 29.3. The fourth-order valence-corrected chi connectivity index (χ4v) is 3.57. The smallest absolute Gasteiger partial charge is 0.253 e. The van der Waals surface area contributed by atoms with Crippen LogP contribution in [0.1, 0.15) is 49.4 Å². The van der Waals surface area contributed by atoms with Crippen molar-refractivity contribution >= 4 is 11.8 Å². The van der Waals surface area contributed by atoms with E-state index in [0.717, 1.165) is 32.4 Å². The quantitative estimate of drug-likeness (QED) is 0.793. The summed E-state index contributed by atoms with van der Waals surface area (Å²) in [5.41, 5.74) is 0.484. The molecule has 0 radical (unpaired) electrons. The van der Waals surface area contributed by atoms with E-state index in [1.165, 1.54) is 37.1 Å². The SMILES string of the molecule is CCCN(CC1CC1)C(=O)C1CCCN(C(=O)c2ccc(F)cc2)C1. The molecule has 2 amide bonds. The zero-order chi connectivity index (χ0) is 17.8. The van der Waals surface area contributed by atoms with Crippen LogP contribution in [0, 0.1) is 17.7 Å². The molecule has 2 aliphatic rings. The molecule has 0 N–H and O–H groups in total. The van der Waals surface area contributed by atoms with E-state index in [9.17, 15) is 14.0 Å². The van der Waals surface area contributed by atoms with Crippen molar-refractivity contribution in [2.24, 2.45) is 11.8 Å². The van der Waals surface area contributed by atoms with Gasteiger partial charge in [-0.1, -0.05) is 6.92 Å². The van der Waals surface area contributed by atoms with Gasteiger partial charge in [0.05, 0.1) is 5.92 Å². The van der Waals surface area contributed by atoms with Crippen LogP contribution in [0.3, 0.4) is 0 Å². The largest absolute Gasteiger partial charge is 0.342 e. The van der Waals surface area contributed by atoms with E-state index in [0.29, 0.717) is 24.6 Å². The van der Waals surface area contributed by atoms with Crippen LogP contribution >= 0.6 is 0 Å². The second-order valence-corrected chi connectivity index (χ2v) is 7.32. The molecule has 0 bridgehead atoms. The van der Waals surface area contributed by atoms with Gasteiger partial charge < -0.3 is 9.80 Å². The van der Waals surface area contributed by atoms with Gasteiger partial charge in [-0.25, -0.2) is 4.39 Å². The minimum absolute atomic E-state index is 0.108. The Kier molecular flexibility index (Phi) is 5.71. The molecule has 0 aromatic heterocycles. The molecular weight excluding hydrogens is 319 g/mol. The summed E-state index contributed by atoms with van der Waals surface area (Å²) < 4.78 is 13.1. The Labute approximate surface area is 149 Å². The first-order chi connectivity index (χ1) is 12.1. The Morgan fingerprint density at radius 2 is 1.92 bits per heavy atom. The third kappa shape index (κ3) is 4.59. The average molecular weight is 346 g/mol. The fourth-order valence-electron chi connectivity index (χ4n) is 3.57. The number of halogens is 1. The van der Waals surface area contributed by atoms with Crippen LogP contribution in [0.4, 0.5) is 4.39 Å². The summed E-state index contributed by atoms with van der Waals surface area (Å²) in [5.74, 6) is 0.310. The first-order valence-electron chi connectivity index (χ1n) is 9.42. The van der Waals surface area contributed by atoms with E-state index in [1.54, 1.807) is 4.90 Å². The Morgan fingerprint density at radius 1 is 1.20 bits per heavy atom. The average Bonchev–Trinajstić information content (AvgIpc) is 3.45. The van der Waals surface area contributed by atoms with E-state index >= 15 is 0 Å². The van der Waals surface area contributed by atoms with Crippen LogP contribution in [0.15, 0.2) is 24.3 Å². The summed E-state index contributed by atoms with van der Waals surface area (Å²) in [5, 5.41) is 0. The maximum Gasteiger partial charge on any atom is 0.253 e. The topological polar surface area (TPSA) is 40.6 Å². The molecule has 1 aliphatic carbocycles. The first kappa shape index (κ1) is 17.9. The summed E-state index contributed by atoms with van der Waals surface area (Å²) in [6.45, 7) is 4.90. The predicted molar refractivity (Wildman–Crippen MR) is 94.6 cm³/mol. The predicted octanol–water partition coefficient (Wildman–Crippen LogP) is 3.33. The molecule has 25 heavy (non-hydrogen) atoms. The van der Waals surface area contributed by atoms with Gasteiger partial charge in [0.2, 0.25) is 5.91 Å². The Hall–Kier alpha value is -1.91. The minimum Gasteiger partial charge on any atom is -0.342 e. The van der Waals surface area contributed by atoms with Crippen LogP contribution in [0.2, 0.25) is 0 Å². The number of likely N-dealkylation sites (tertiary alicyclic amines) is 1. The van der Waals surface area contributed by atoms with E-state index < -0.39 is 0 Å². The molecule has 1 saturated heterocycles. The van der Waals surface area contributed by atoms with Crippen molar-refractivity contribution < 1.29 is 14.0 Å². The minimum atomic E-state index is -0.349. The highest BCUT2D eigenvalue weighted by Crippen LogP contribution is 2.31. The third-order valence-corrected chi connectivity index (χ3v) is 5.13. The Morgan fingerprint density at radius 3 is 2.56 bits per heavy atom. The van der Waals surface area contributed by atoms with Crippen LogP contribution in [-0.4, -0.2) is 47.8 Å². The van der Waals surface area contributed by atoms with Crippen LogP contribution in [0.5, 0.6) is 0 Å². The molecule has 1 aliphatic heterocycles. The van der Waals surface area contributed by atoms with Crippen molar-refractivity contribution in [2.45, 2.75) is 39.0 Å². The third-order valence-electron chi connectivity index (χ3n) is 5.13. The normalized spacial score (nSPS) is 20.4. The summed E-state index contributed by atoms with van der Waals surface area (Å²) in [6, 6.07) is 5.63. The van der Waals surface area contributed by atoms with Crippen molar-refractivity contribution in [3.05, 3.63) is 35.6 Å². The highest BCUT2D eigenvalue weighted by molar-refractivity contribution is 5.94. The van der Waals surface area contributed by atoms with Crippen molar-refractivity contribution in [3.8, 4) is 0 Å². The number of rotatable bonds is 6. The lowest BCUT2D eigenvalue weighted by atomic mass is 9.95. The van der Waals surface area contributed by atoms with Crippen molar-refractivity contribution in [3.63, 3.8) is 0 Å². The molecular formula is C20H27FN2O2. The molecule has 1 heterocycles. The maximum absolute atomic E-state index is 13.1. The van der Waals surface area contributed by atoms with Gasteiger partial charge in [-0.05, 0) is 62.3 Å². The molecule has 1 atom stereocenters. The van der Waals surface area contributed by atoms with Gasteiger partial charge in [0.1, 0.15) is 5.82 Å². The second-order valence-electron chi connectivity index (χ2n) is 7.32. The molecule has 0 spiro atoms. The van der Waals surface area contributed by atoms with Crippen LogP contribution in [-0.2, 0) is 4.79 Å². The van der Waals surface area contributed by atoms with Gasteiger partial charge in [0.25, 0.3) is 5.91 Å². The first-order valence-corrected chi connectivity index (χ1v) is 9.42. The van der Waals surface area contributed by atoms with Gasteiger partial charge in [-0.15, -0.1) is 0 Å². The van der Waals surface area contributed by atoms with Crippen LogP contribution < -0.4 is 0 Å². The molecule has 1 unspecified atom stereocenters. The van der Waals surface area contributed by atoms with Gasteiger partial charge >= 0.3 is 0 Å². The molecule has 4 nitrogen and oxygen atoms in total. The summed E-state index contributed by atoms with van der Waals surface area (Å²) >= 11 is 0. The van der Waals surface area contributed by atoms with E-state index in [-0.39, 0.29) is 23.5 Å². The number of piperidine rings is 1. The lowest BCUT2D eigenvalue weighted by Crippen LogP contribution is -2.47. The van der Waals surface area contributed by atoms with Crippen molar-refractivity contribution in [1.82, 2.24) is 9.80 Å². The zero-order valence-corrected chi connectivity index (χ0v) is 14.9. The molecule has 3 rings (SSSR count). The van der Waals surface area contributed by atoms with Gasteiger partial charge in [0, 0.05) is 31.7 Å². The number of hydrogen-bond donors (Lipinski definition) is 0. The second kappa shape index (κ2) is 7.98. The summed E-state index contributed by atoms with van der Waals surface area (Å²) in [6.07, 6.45) is 5.10. The molecule has 136 valence electrons. The molecule has 5 heteroatoms. The van der Waals surface area contributed by atoms with Gasteiger partial charge in [-0.3, -0.25) is 9.59 Å². The number of nitrogens with zero attached hydrogens (tertiary/aromatic N) is 2. The maximum atomic E-state index is 13.1. The molecule has 1 saturated carbocycles. The number of benzene rings is 1. The van der Waals surface area contributed by atoms with E-state index in [4.69, 9.17) is 0 Å². The monoisotopic (exact) mass is 346 g/mol. The standard InChI is InChI=1S/C20H27FN2O2/c1-2-11-22(13-15-5-6-15)20(25)17-4-3-12-23(14-17)19(24)16-7-9-18(21)10-8-16/h7-10,15,17H,2-6,11-14H2,1H3. The zero-order valence-electron chi connectivity index (χ0n) is 14.9. The fraction of sp³-hybridized carbons (Fsp3) is 0.600. The molecule has 1 aromatic rings.